The van der Waals surface area contributed by atoms with E-state index in [9.17, 15) is 0 Å². The highest BCUT2D eigenvalue weighted by molar-refractivity contribution is 4.84. The maximum atomic E-state index is 2.56. The molecule has 28 heavy (non-hydrogen) atoms. The molecule has 0 aliphatic rings. The maximum absolute atomic E-state index is 2.56. The third-order valence-electron chi connectivity index (χ3n) is 6.10. The largest absolute Gasteiger partial charge is 0.256 e. The Labute approximate surface area is 177 Å². The van der Waals surface area contributed by atoms with Crippen LogP contribution in [0.4, 0.5) is 0 Å². The molecule has 164 valence electrons. The zero-order valence-corrected chi connectivity index (χ0v) is 19.7. The summed E-state index contributed by atoms with van der Waals surface area (Å²) >= 11 is 0. The van der Waals surface area contributed by atoms with Crippen molar-refractivity contribution in [3.63, 3.8) is 0 Å². The van der Waals surface area contributed by atoms with Gasteiger partial charge in [0.05, 0.1) is 13.1 Å². The average molecular weight is 392 g/mol. The van der Waals surface area contributed by atoms with Crippen LogP contribution in [-0.2, 0) is 19.5 Å². The third-order valence-corrected chi connectivity index (χ3v) is 6.10. The van der Waals surface area contributed by atoms with E-state index in [1.165, 1.54) is 129 Å². The quantitative estimate of drug-likeness (QED) is 0.157. The Balaban J connectivity index is 2.20. The fourth-order valence-electron chi connectivity index (χ4n) is 4.18. The summed E-state index contributed by atoms with van der Waals surface area (Å²) in [5.41, 5.74) is 0. The first-order chi connectivity index (χ1) is 13.8. The van der Waals surface area contributed by atoms with Crippen molar-refractivity contribution in [1.29, 1.82) is 0 Å². The average Bonchev–Trinajstić information content (AvgIpc) is 3.09. The molecule has 0 amide bonds. The molecule has 0 aliphatic carbocycles. The van der Waals surface area contributed by atoms with Gasteiger partial charge in [-0.3, -0.25) is 0 Å². The molecule has 0 aliphatic heterocycles. The molecule has 0 unspecified atom stereocenters. The number of aryl methyl sites for hydroxylation is 2. The summed E-state index contributed by atoms with van der Waals surface area (Å²) in [6.07, 6.45) is 29.7. The Morgan fingerprint density at radius 1 is 0.607 bits per heavy atom. The van der Waals surface area contributed by atoms with Gasteiger partial charge in [0, 0.05) is 6.42 Å². The molecule has 0 radical (unpaired) electrons. The molecule has 0 saturated carbocycles. The Bertz CT molecular complexity index is 449. The van der Waals surface area contributed by atoms with Crippen LogP contribution in [0.1, 0.15) is 136 Å². The van der Waals surface area contributed by atoms with E-state index in [0.29, 0.717) is 0 Å². The molecular weight excluding hydrogens is 340 g/mol. The van der Waals surface area contributed by atoms with Crippen LogP contribution >= 0.6 is 0 Å². The number of unbranched alkanes of at least 4 members (excludes halogenated alkanes) is 14. The highest BCUT2D eigenvalue weighted by Gasteiger charge is 2.15. The normalized spacial score (nSPS) is 11.4. The van der Waals surface area contributed by atoms with Crippen molar-refractivity contribution in [3.05, 3.63) is 18.2 Å². The van der Waals surface area contributed by atoms with Crippen LogP contribution in [0.15, 0.2) is 12.4 Å². The van der Waals surface area contributed by atoms with Gasteiger partial charge in [-0.25, -0.2) is 9.13 Å². The topological polar surface area (TPSA) is 8.81 Å². The van der Waals surface area contributed by atoms with E-state index in [2.05, 4.69) is 42.3 Å². The smallest absolute Gasteiger partial charge is 0.234 e. The van der Waals surface area contributed by atoms with Gasteiger partial charge in [-0.2, -0.15) is 0 Å². The molecular formula is C26H51N2+. The van der Waals surface area contributed by atoms with Gasteiger partial charge in [-0.1, -0.05) is 97.8 Å². The first-order valence-corrected chi connectivity index (χ1v) is 12.9. The van der Waals surface area contributed by atoms with Gasteiger partial charge >= 0.3 is 0 Å². The number of imidazole rings is 1. The lowest BCUT2D eigenvalue weighted by Crippen LogP contribution is -2.37. The zero-order chi connectivity index (χ0) is 20.3. The van der Waals surface area contributed by atoms with E-state index in [0.717, 1.165) is 0 Å². The van der Waals surface area contributed by atoms with Crippen molar-refractivity contribution in [2.45, 2.75) is 149 Å². The first-order valence-electron chi connectivity index (χ1n) is 12.9. The van der Waals surface area contributed by atoms with Crippen molar-refractivity contribution in [2.24, 2.45) is 0 Å². The fraction of sp³-hybridized carbons (Fsp3) is 0.885. The zero-order valence-electron chi connectivity index (χ0n) is 19.7. The number of nitrogens with zero attached hydrogens (tertiary/aromatic N) is 2. The van der Waals surface area contributed by atoms with Crippen molar-refractivity contribution < 1.29 is 4.57 Å². The van der Waals surface area contributed by atoms with Crippen LogP contribution in [0.5, 0.6) is 0 Å². The third kappa shape index (κ3) is 11.9. The highest BCUT2D eigenvalue weighted by Crippen LogP contribution is 2.12. The SMILES string of the molecule is CCCCCCCCCCCCC[n+]1ccn(CCCCCC)c1CCCC. The van der Waals surface area contributed by atoms with E-state index in [-0.39, 0.29) is 0 Å². The molecule has 0 atom stereocenters. The molecule has 0 bridgehead atoms. The minimum absolute atomic E-state index is 1.21. The molecule has 1 rings (SSSR count). The molecule has 0 spiro atoms. The molecule has 2 nitrogen and oxygen atoms in total. The van der Waals surface area contributed by atoms with Gasteiger partial charge in [-0.15, -0.1) is 0 Å². The monoisotopic (exact) mass is 391 g/mol. The van der Waals surface area contributed by atoms with Crippen LogP contribution in [-0.4, -0.2) is 4.57 Å². The van der Waals surface area contributed by atoms with Crippen LogP contribution in [0.25, 0.3) is 0 Å². The Morgan fingerprint density at radius 3 is 1.68 bits per heavy atom. The molecule has 1 aromatic heterocycles. The summed E-state index contributed by atoms with van der Waals surface area (Å²) in [6, 6.07) is 0. The van der Waals surface area contributed by atoms with Gasteiger partial charge in [0.1, 0.15) is 12.4 Å². The number of aromatic nitrogens is 2. The van der Waals surface area contributed by atoms with Crippen LogP contribution in [0.3, 0.4) is 0 Å². The maximum Gasteiger partial charge on any atom is 0.256 e. The lowest BCUT2D eigenvalue weighted by atomic mass is 10.1. The van der Waals surface area contributed by atoms with Gasteiger partial charge in [0.2, 0.25) is 0 Å². The van der Waals surface area contributed by atoms with Gasteiger partial charge in [-0.05, 0) is 32.1 Å². The van der Waals surface area contributed by atoms with E-state index in [4.69, 9.17) is 0 Å². The number of rotatable bonds is 20. The molecule has 0 fully saturated rings. The van der Waals surface area contributed by atoms with Crippen LogP contribution < -0.4 is 4.57 Å². The second kappa shape index (κ2) is 18.3. The Kier molecular flexibility index (Phi) is 16.5. The van der Waals surface area contributed by atoms with Crippen LogP contribution in [0.2, 0.25) is 0 Å². The van der Waals surface area contributed by atoms with E-state index in [1.54, 1.807) is 5.82 Å². The highest BCUT2D eigenvalue weighted by atomic mass is 15.1. The molecule has 1 heterocycles. The van der Waals surface area contributed by atoms with Crippen molar-refractivity contribution in [2.75, 3.05) is 0 Å². The van der Waals surface area contributed by atoms with Crippen LogP contribution in [0, 0.1) is 0 Å². The number of hydrogen-bond donors (Lipinski definition) is 0. The van der Waals surface area contributed by atoms with E-state index in [1.807, 2.05) is 0 Å². The molecule has 1 aromatic rings. The second-order valence-electron chi connectivity index (χ2n) is 8.80. The number of hydrogen-bond acceptors (Lipinski definition) is 0. The van der Waals surface area contributed by atoms with E-state index < -0.39 is 0 Å². The summed E-state index contributed by atoms with van der Waals surface area (Å²) in [4.78, 5) is 0. The summed E-state index contributed by atoms with van der Waals surface area (Å²) < 4.78 is 5.10. The standard InChI is InChI=1S/C26H51N2/c1-4-7-10-12-13-14-15-16-17-18-20-23-28-25-24-27(22-19-11-8-5-2)26(28)21-9-6-3/h24-25H,4-23H2,1-3H3/q+1. The Hall–Kier alpha value is -0.790. The lowest BCUT2D eigenvalue weighted by molar-refractivity contribution is -0.704. The van der Waals surface area contributed by atoms with E-state index >= 15 is 0 Å². The molecule has 0 aromatic carbocycles. The molecule has 0 saturated heterocycles. The van der Waals surface area contributed by atoms with Gasteiger partial charge < -0.3 is 0 Å². The fourth-order valence-corrected chi connectivity index (χ4v) is 4.18. The minimum atomic E-state index is 1.21. The van der Waals surface area contributed by atoms with Crippen molar-refractivity contribution >= 4 is 0 Å². The molecule has 0 N–H and O–H groups in total. The minimum Gasteiger partial charge on any atom is -0.234 e. The summed E-state index contributed by atoms with van der Waals surface area (Å²) in [6.45, 7) is 9.34. The van der Waals surface area contributed by atoms with Crippen molar-refractivity contribution in [3.8, 4) is 0 Å². The predicted octanol–water partition coefficient (Wildman–Crippen LogP) is 8.01. The van der Waals surface area contributed by atoms with Gasteiger partial charge in [0.25, 0.3) is 5.82 Å². The van der Waals surface area contributed by atoms with Gasteiger partial charge in [0.15, 0.2) is 0 Å². The Morgan fingerprint density at radius 2 is 1.11 bits per heavy atom. The molecule has 2 heteroatoms. The van der Waals surface area contributed by atoms with Crippen molar-refractivity contribution in [1.82, 2.24) is 4.57 Å². The summed E-state index contributed by atoms with van der Waals surface area (Å²) in [5.74, 6) is 1.57. The predicted molar refractivity (Wildman–Crippen MR) is 124 cm³/mol. The second-order valence-corrected chi connectivity index (χ2v) is 8.80. The first kappa shape index (κ1) is 25.2. The summed E-state index contributed by atoms with van der Waals surface area (Å²) in [5, 5.41) is 0. The lowest BCUT2D eigenvalue weighted by Gasteiger charge is -2.06. The summed E-state index contributed by atoms with van der Waals surface area (Å²) in [7, 11) is 0.